The summed E-state index contributed by atoms with van der Waals surface area (Å²) in [5.41, 5.74) is 0.0288. The van der Waals surface area contributed by atoms with Crippen LogP contribution in [0.25, 0.3) is 6.08 Å². The third-order valence-electron chi connectivity index (χ3n) is 3.25. The number of amides is 1. The highest BCUT2D eigenvalue weighted by Gasteiger charge is 2.30. The molecule has 0 radical (unpaired) electrons. The fraction of sp³-hybridized carbons (Fsp3) is 0.111. The Morgan fingerprint density at radius 1 is 1.10 bits per heavy atom. The molecule has 29 heavy (non-hydrogen) atoms. The van der Waals surface area contributed by atoms with E-state index in [1.165, 1.54) is 42.5 Å². The molecule has 0 heterocycles. The molecule has 0 bridgehead atoms. The van der Waals surface area contributed by atoms with Crippen molar-refractivity contribution >= 4 is 29.3 Å². The van der Waals surface area contributed by atoms with E-state index in [0.29, 0.717) is 5.56 Å². The molecule has 0 unspecified atom stereocenters. The van der Waals surface area contributed by atoms with E-state index >= 15 is 0 Å². The standard InChI is InChI=1S/C18H13F3N2O6/c19-18(20,21)29-13-8-5-12(6-9-13)7-10-17(25)28-11-16(24)22-14-3-1-2-4-15(14)23(26)27/h1-10H,11H2,(H,22,24)/b10-7+. The molecule has 0 aliphatic carbocycles. The Kier molecular flexibility index (Phi) is 6.90. The average molecular weight is 410 g/mol. The Morgan fingerprint density at radius 3 is 2.38 bits per heavy atom. The van der Waals surface area contributed by atoms with Crippen molar-refractivity contribution in [2.75, 3.05) is 11.9 Å². The predicted octanol–water partition coefficient (Wildman–Crippen LogP) is 3.69. The maximum Gasteiger partial charge on any atom is 0.573 e. The Labute approximate surface area is 161 Å². The number of halogens is 3. The number of esters is 1. The molecule has 0 saturated carbocycles. The van der Waals surface area contributed by atoms with Crippen LogP contribution in [0.5, 0.6) is 5.75 Å². The van der Waals surface area contributed by atoms with Gasteiger partial charge in [-0.05, 0) is 29.8 Å². The minimum absolute atomic E-state index is 0.0461. The topological polar surface area (TPSA) is 108 Å². The Bertz CT molecular complexity index is 926. The van der Waals surface area contributed by atoms with Gasteiger partial charge in [-0.1, -0.05) is 24.3 Å². The zero-order valence-corrected chi connectivity index (χ0v) is 14.5. The van der Waals surface area contributed by atoms with Crippen LogP contribution < -0.4 is 10.1 Å². The van der Waals surface area contributed by atoms with E-state index in [-0.39, 0.29) is 11.4 Å². The summed E-state index contributed by atoms with van der Waals surface area (Å²) in [5, 5.41) is 13.1. The number of carbonyl (C=O) groups is 2. The molecule has 0 aromatic heterocycles. The zero-order valence-electron chi connectivity index (χ0n) is 14.5. The Hall–Kier alpha value is -3.89. The number of hydrogen-bond donors (Lipinski definition) is 1. The minimum atomic E-state index is -4.80. The molecule has 1 N–H and O–H groups in total. The normalized spacial score (nSPS) is 11.1. The van der Waals surface area contributed by atoms with Crippen molar-refractivity contribution in [2.24, 2.45) is 0 Å². The van der Waals surface area contributed by atoms with Crippen LogP contribution in [-0.2, 0) is 14.3 Å². The second-order valence-electron chi connectivity index (χ2n) is 5.38. The first-order valence-electron chi connectivity index (χ1n) is 7.88. The number of para-hydroxylation sites is 2. The minimum Gasteiger partial charge on any atom is -0.452 e. The number of benzene rings is 2. The number of ether oxygens (including phenoxy) is 2. The molecule has 8 nitrogen and oxygen atoms in total. The third-order valence-corrected chi connectivity index (χ3v) is 3.25. The Balaban J connectivity index is 1.85. The summed E-state index contributed by atoms with van der Waals surface area (Å²) in [6.45, 7) is -0.687. The fourth-order valence-electron chi connectivity index (χ4n) is 2.05. The second kappa shape index (κ2) is 9.35. The largest absolute Gasteiger partial charge is 0.573 e. The summed E-state index contributed by atoms with van der Waals surface area (Å²) < 4.78 is 44.7. The highest BCUT2D eigenvalue weighted by Crippen LogP contribution is 2.24. The highest BCUT2D eigenvalue weighted by molar-refractivity contribution is 5.96. The SMILES string of the molecule is O=C(COC(=O)/C=C/c1ccc(OC(F)(F)F)cc1)Nc1ccccc1[N+](=O)[O-]. The van der Waals surface area contributed by atoms with Crippen molar-refractivity contribution in [3.05, 3.63) is 70.3 Å². The summed E-state index contributed by atoms with van der Waals surface area (Å²) in [6, 6.07) is 10.2. The molecular formula is C18H13F3N2O6. The molecule has 0 fully saturated rings. The van der Waals surface area contributed by atoms with Gasteiger partial charge in [0.1, 0.15) is 11.4 Å². The van der Waals surface area contributed by atoms with Gasteiger partial charge in [-0.15, -0.1) is 13.2 Å². The van der Waals surface area contributed by atoms with E-state index in [2.05, 4.69) is 10.1 Å². The molecule has 1 amide bonds. The predicted molar refractivity (Wildman–Crippen MR) is 94.8 cm³/mol. The lowest BCUT2D eigenvalue weighted by atomic mass is 10.2. The summed E-state index contributed by atoms with van der Waals surface area (Å²) in [7, 11) is 0. The fourth-order valence-corrected chi connectivity index (χ4v) is 2.05. The van der Waals surface area contributed by atoms with E-state index in [0.717, 1.165) is 18.2 Å². The lowest BCUT2D eigenvalue weighted by molar-refractivity contribution is -0.383. The molecule has 0 spiro atoms. The van der Waals surface area contributed by atoms with Gasteiger partial charge < -0.3 is 14.8 Å². The molecule has 11 heteroatoms. The smallest absolute Gasteiger partial charge is 0.452 e. The molecular weight excluding hydrogens is 397 g/mol. The van der Waals surface area contributed by atoms with Crippen LogP contribution in [0.15, 0.2) is 54.6 Å². The maximum absolute atomic E-state index is 12.1. The Morgan fingerprint density at radius 2 is 1.76 bits per heavy atom. The van der Waals surface area contributed by atoms with E-state index in [4.69, 9.17) is 4.74 Å². The van der Waals surface area contributed by atoms with Crippen molar-refractivity contribution in [1.82, 2.24) is 0 Å². The first-order chi connectivity index (χ1) is 13.6. The van der Waals surface area contributed by atoms with Crippen LogP contribution in [-0.4, -0.2) is 29.8 Å². The molecule has 2 aromatic rings. The number of nitrogens with zero attached hydrogens (tertiary/aromatic N) is 1. The van der Waals surface area contributed by atoms with Gasteiger partial charge in [-0.3, -0.25) is 14.9 Å². The molecule has 2 aromatic carbocycles. The van der Waals surface area contributed by atoms with Crippen molar-refractivity contribution in [1.29, 1.82) is 0 Å². The lowest BCUT2D eigenvalue weighted by Crippen LogP contribution is -2.20. The second-order valence-corrected chi connectivity index (χ2v) is 5.38. The number of nitro benzene ring substituents is 1. The zero-order chi connectivity index (χ0) is 21.4. The van der Waals surface area contributed by atoms with Gasteiger partial charge >= 0.3 is 12.3 Å². The monoisotopic (exact) mass is 410 g/mol. The van der Waals surface area contributed by atoms with Gasteiger partial charge in [0.05, 0.1) is 4.92 Å². The highest BCUT2D eigenvalue weighted by atomic mass is 19.4. The van der Waals surface area contributed by atoms with Crippen LogP contribution in [0, 0.1) is 10.1 Å². The number of hydrogen-bond acceptors (Lipinski definition) is 6. The van der Waals surface area contributed by atoms with Gasteiger partial charge in [0.2, 0.25) is 0 Å². The van der Waals surface area contributed by atoms with Crippen LogP contribution >= 0.6 is 0 Å². The number of anilines is 1. The van der Waals surface area contributed by atoms with E-state index < -0.39 is 35.5 Å². The van der Waals surface area contributed by atoms with Crippen LogP contribution in [0.1, 0.15) is 5.56 Å². The summed E-state index contributed by atoms with van der Waals surface area (Å²) in [6.07, 6.45) is -2.57. The first kappa shape index (κ1) is 21.4. The van der Waals surface area contributed by atoms with Crippen LogP contribution in [0.4, 0.5) is 24.5 Å². The van der Waals surface area contributed by atoms with Crippen molar-refractivity contribution in [3.63, 3.8) is 0 Å². The van der Waals surface area contributed by atoms with Crippen molar-refractivity contribution in [3.8, 4) is 5.75 Å². The number of rotatable bonds is 7. The van der Waals surface area contributed by atoms with Gasteiger partial charge in [0.15, 0.2) is 6.61 Å². The first-order valence-corrected chi connectivity index (χ1v) is 7.88. The molecule has 0 atom stereocenters. The number of nitro groups is 1. The number of nitrogens with one attached hydrogen (secondary N) is 1. The van der Waals surface area contributed by atoms with E-state index in [1.807, 2.05) is 0 Å². The molecule has 0 aliphatic heterocycles. The van der Waals surface area contributed by atoms with Gasteiger partial charge in [0.25, 0.3) is 11.6 Å². The summed E-state index contributed by atoms with van der Waals surface area (Å²) in [4.78, 5) is 33.6. The quantitative estimate of drug-likeness (QED) is 0.323. The number of carbonyl (C=O) groups excluding carboxylic acids is 2. The maximum atomic E-state index is 12.1. The van der Waals surface area contributed by atoms with E-state index in [9.17, 15) is 32.9 Å². The van der Waals surface area contributed by atoms with Crippen molar-refractivity contribution in [2.45, 2.75) is 6.36 Å². The average Bonchev–Trinajstić information content (AvgIpc) is 2.65. The van der Waals surface area contributed by atoms with Crippen molar-refractivity contribution < 1.29 is 37.2 Å². The van der Waals surface area contributed by atoms with Gasteiger partial charge in [-0.25, -0.2) is 4.79 Å². The van der Waals surface area contributed by atoms with E-state index in [1.54, 1.807) is 0 Å². The molecule has 152 valence electrons. The summed E-state index contributed by atoms with van der Waals surface area (Å²) >= 11 is 0. The lowest BCUT2D eigenvalue weighted by Gasteiger charge is -2.08. The molecule has 0 aliphatic rings. The molecule has 2 rings (SSSR count). The molecule has 0 saturated heterocycles. The summed E-state index contributed by atoms with van der Waals surface area (Å²) in [5.74, 6) is -2.09. The third kappa shape index (κ3) is 7.33. The van der Waals surface area contributed by atoms with Gasteiger partial charge in [0, 0.05) is 12.1 Å². The van der Waals surface area contributed by atoms with Crippen LogP contribution in [0.3, 0.4) is 0 Å². The van der Waals surface area contributed by atoms with Crippen LogP contribution in [0.2, 0.25) is 0 Å². The van der Waals surface area contributed by atoms with Gasteiger partial charge in [-0.2, -0.15) is 0 Å². The number of alkyl halides is 3.